The van der Waals surface area contributed by atoms with Crippen molar-refractivity contribution < 1.29 is 4.74 Å². The van der Waals surface area contributed by atoms with E-state index in [2.05, 4.69) is 48.6 Å². The highest BCUT2D eigenvalue weighted by molar-refractivity contribution is 7.09. The van der Waals surface area contributed by atoms with Crippen molar-refractivity contribution in [2.75, 3.05) is 13.7 Å². The number of ether oxygens (including phenoxy) is 1. The monoisotopic (exact) mass is 304 g/mol. The van der Waals surface area contributed by atoms with Gasteiger partial charge < -0.3 is 10.1 Å². The first kappa shape index (κ1) is 16.0. The number of hydrogen-bond donors (Lipinski definition) is 1. The van der Waals surface area contributed by atoms with Gasteiger partial charge in [-0.3, -0.25) is 0 Å². The molecule has 0 saturated carbocycles. The number of benzene rings is 1. The number of aromatic nitrogens is 1. The fourth-order valence-corrected chi connectivity index (χ4v) is 3.11. The minimum Gasteiger partial charge on any atom is -0.497 e. The third-order valence-electron chi connectivity index (χ3n) is 3.57. The normalized spacial score (nSPS) is 12.4. The number of methoxy groups -OCH3 is 1. The van der Waals surface area contributed by atoms with Gasteiger partial charge in [-0.2, -0.15) is 0 Å². The zero-order valence-corrected chi connectivity index (χ0v) is 14.1. The van der Waals surface area contributed by atoms with Crippen molar-refractivity contribution in [3.8, 4) is 5.75 Å². The molecule has 1 N–H and O–H groups in total. The molecule has 0 spiro atoms. The molecule has 0 bridgehead atoms. The van der Waals surface area contributed by atoms with Crippen LogP contribution in [0.2, 0.25) is 0 Å². The molecule has 2 rings (SSSR count). The zero-order valence-electron chi connectivity index (χ0n) is 13.3. The smallest absolute Gasteiger partial charge is 0.119 e. The molecule has 2 aromatic rings. The Morgan fingerprint density at radius 3 is 2.71 bits per heavy atom. The number of hydrogen-bond acceptors (Lipinski definition) is 4. The summed E-state index contributed by atoms with van der Waals surface area (Å²) in [5.41, 5.74) is 3.76. The first-order valence-electron chi connectivity index (χ1n) is 7.43. The Hall–Kier alpha value is -1.39. The lowest BCUT2D eigenvalue weighted by molar-refractivity contribution is 0.413. The van der Waals surface area contributed by atoms with Crippen molar-refractivity contribution in [2.24, 2.45) is 0 Å². The summed E-state index contributed by atoms with van der Waals surface area (Å²) >= 11 is 1.72. The van der Waals surface area contributed by atoms with Crippen LogP contribution in [0.15, 0.2) is 23.6 Å². The van der Waals surface area contributed by atoms with E-state index in [0.717, 1.165) is 30.1 Å². The fraction of sp³-hybridized carbons (Fsp3) is 0.471. The number of rotatable bonds is 7. The molecule has 1 heterocycles. The van der Waals surface area contributed by atoms with E-state index in [9.17, 15) is 0 Å². The van der Waals surface area contributed by atoms with Crippen LogP contribution < -0.4 is 10.1 Å². The Kier molecular flexibility index (Phi) is 5.76. The van der Waals surface area contributed by atoms with Crippen LogP contribution >= 0.6 is 11.3 Å². The topological polar surface area (TPSA) is 34.2 Å². The lowest BCUT2D eigenvalue weighted by Gasteiger charge is -2.20. The number of nitrogens with one attached hydrogen (secondary N) is 1. The van der Waals surface area contributed by atoms with Gasteiger partial charge in [0.15, 0.2) is 0 Å². The molecule has 0 saturated heterocycles. The van der Waals surface area contributed by atoms with E-state index in [1.165, 1.54) is 16.8 Å². The lowest BCUT2D eigenvalue weighted by atomic mass is 9.97. The van der Waals surface area contributed by atoms with Gasteiger partial charge in [-0.25, -0.2) is 4.98 Å². The molecule has 0 radical (unpaired) electrons. The Morgan fingerprint density at radius 2 is 2.14 bits per heavy atom. The lowest BCUT2D eigenvalue weighted by Crippen LogP contribution is -2.25. The summed E-state index contributed by atoms with van der Waals surface area (Å²) in [6, 6.07) is 6.61. The van der Waals surface area contributed by atoms with Gasteiger partial charge >= 0.3 is 0 Å². The number of thiazole rings is 1. The third-order valence-corrected chi connectivity index (χ3v) is 4.40. The Bertz CT molecular complexity index is 580. The van der Waals surface area contributed by atoms with Crippen molar-refractivity contribution in [2.45, 2.75) is 39.7 Å². The fourth-order valence-electron chi connectivity index (χ4n) is 2.49. The van der Waals surface area contributed by atoms with E-state index < -0.39 is 0 Å². The molecule has 0 aliphatic carbocycles. The van der Waals surface area contributed by atoms with Crippen LogP contribution in [0.3, 0.4) is 0 Å². The molecule has 21 heavy (non-hydrogen) atoms. The Balaban J connectivity index is 2.22. The zero-order chi connectivity index (χ0) is 15.2. The van der Waals surface area contributed by atoms with Gasteiger partial charge in [0.05, 0.1) is 17.8 Å². The minimum absolute atomic E-state index is 0.303. The van der Waals surface area contributed by atoms with E-state index in [1.807, 2.05) is 6.07 Å². The molecular formula is C17H24N2OS. The molecule has 1 aromatic heterocycles. The summed E-state index contributed by atoms with van der Waals surface area (Å²) in [5.74, 6) is 0.912. The molecule has 4 heteroatoms. The molecule has 0 fully saturated rings. The van der Waals surface area contributed by atoms with Crippen LogP contribution in [0.1, 0.15) is 41.2 Å². The van der Waals surface area contributed by atoms with Crippen molar-refractivity contribution in [1.82, 2.24) is 10.3 Å². The van der Waals surface area contributed by atoms with Gasteiger partial charge in [-0.05, 0) is 50.1 Å². The minimum atomic E-state index is 0.303. The average Bonchev–Trinajstić information content (AvgIpc) is 2.88. The Labute approximate surface area is 131 Å². The van der Waals surface area contributed by atoms with Crippen LogP contribution in [0.4, 0.5) is 0 Å². The molecule has 114 valence electrons. The number of nitrogens with zero attached hydrogens (tertiary/aromatic N) is 1. The Morgan fingerprint density at radius 1 is 1.33 bits per heavy atom. The van der Waals surface area contributed by atoms with E-state index in [0.29, 0.717) is 6.04 Å². The maximum atomic E-state index is 5.30. The molecule has 3 nitrogen and oxygen atoms in total. The van der Waals surface area contributed by atoms with Gasteiger partial charge in [0.25, 0.3) is 0 Å². The average molecular weight is 304 g/mol. The summed E-state index contributed by atoms with van der Waals surface area (Å²) in [7, 11) is 1.71. The second kappa shape index (κ2) is 7.57. The maximum absolute atomic E-state index is 5.30. The van der Waals surface area contributed by atoms with Crippen molar-refractivity contribution in [1.29, 1.82) is 0 Å². The van der Waals surface area contributed by atoms with Crippen molar-refractivity contribution in [3.63, 3.8) is 0 Å². The van der Waals surface area contributed by atoms with Crippen LogP contribution in [0.5, 0.6) is 5.75 Å². The summed E-state index contributed by atoms with van der Waals surface area (Å²) in [4.78, 5) is 4.60. The van der Waals surface area contributed by atoms with Crippen molar-refractivity contribution in [3.05, 3.63) is 45.4 Å². The molecule has 1 atom stereocenters. The van der Waals surface area contributed by atoms with Crippen LogP contribution in [0, 0.1) is 13.8 Å². The molecule has 0 aliphatic heterocycles. The van der Waals surface area contributed by atoms with E-state index in [1.54, 1.807) is 18.4 Å². The first-order valence-corrected chi connectivity index (χ1v) is 8.31. The van der Waals surface area contributed by atoms with Gasteiger partial charge in [-0.1, -0.05) is 13.0 Å². The summed E-state index contributed by atoms with van der Waals surface area (Å²) < 4.78 is 5.30. The van der Waals surface area contributed by atoms with Gasteiger partial charge in [0.1, 0.15) is 5.75 Å². The predicted octanol–water partition coefficient (Wildman–Crippen LogP) is 4.05. The molecule has 0 amide bonds. The SMILES string of the molecule is CCCNC(Cc1csc(C)n1)c1ccc(OC)cc1C. The molecule has 0 aliphatic rings. The molecular weight excluding hydrogens is 280 g/mol. The number of aryl methyl sites for hydroxylation is 2. The van der Waals surface area contributed by atoms with E-state index >= 15 is 0 Å². The van der Waals surface area contributed by atoms with Crippen molar-refractivity contribution >= 4 is 11.3 Å². The van der Waals surface area contributed by atoms with E-state index in [-0.39, 0.29) is 0 Å². The van der Waals surface area contributed by atoms with Gasteiger partial charge in [0, 0.05) is 17.8 Å². The molecule has 1 unspecified atom stereocenters. The maximum Gasteiger partial charge on any atom is 0.119 e. The largest absolute Gasteiger partial charge is 0.497 e. The van der Waals surface area contributed by atoms with Gasteiger partial charge in [0.2, 0.25) is 0 Å². The summed E-state index contributed by atoms with van der Waals surface area (Å²) in [5, 5.41) is 6.94. The quantitative estimate of drug-likeness (QED) is 0.838. The first-order chi connectivity index (χ1) is 10.1. The second-order valence-corrected chi connectivity index (χ2v) is 6.35. The van der Waals surface area contributed by atoms with Crippen LogP contribution in [0.25, 0.3) is 0 Å². The highest BCUT2D eigenvalue weighted by Gasteiger charge is 2.15. The second-order valence-electron chi connectivity index (χ2n) is 5.29. The summed E-state index contributed by atoms with van der Waals surface area (Å²) in [6.45, 7) is 7.41. The van der Waals surface area contributed by atoms with Gasteiger partial charge in [-0.15, -0.1) is 11.3 Å². The third kappa shape index (κ3) is 4.29. The van der Waals surface area contributed by atoms with Crippen LogP contribution in [-0.2, 0) is 6.42 Å². The van der Waals surface area contributed by atoms with Crippen LogP contribution in [-0.4, -0.2) is 18.6 Å². The predicted molar refractivity (Wildman–Crippen MR) is 89.3 cm³/mol. The highest BCUT2D eigenvalue weighted by Crippen LogP contribution is 2.25. The molecule has 1 aromatic carbocycles. The summed E-state index contributed by atoms with van der Waals surface area (Å²) in [6.07, 6.45) is 2.05. The standard InChI is InChI=1S/C17H24N2OS/c1-5-8-18-17(10-14-11-21-13(3)19-14)16-7-6-15(20-4)9-12(16)2/h6-7,9,11,17-18H,5,8,10H2,1-4H3. The van der Waals surface area contributed by atoms with E-state index in [4.69, 9.17) is 4.74 Å². The highest BCUT2D eigenvalue weighted by atomic mass is 32.1.